The summed E-state index contributed by atoms with van der Waals surface area (Å²) in [6, 6.07) is 0.0114. The lowest BCUT2D eigenvalue weighted by Crippen LogP contribution is -2.48. The van der Waals surface area contributed by atoms with Gasteiger partial charge in [0, 0.05) is 6.04 Å². The molecule has 3 rings (SSSR count). The summed E-state index contributed by atoms with van der Waals surface area (Å²) in [5.74, 6) is -2.19. The highest BCUT2D eigenvalue weighted by atomic mass is 16.5. The summed E-state index contributed by atoms with van der Waals surface area (Å²) < 4.78 is 4.62. The number of hydrogen-bond donors (Lipinski definition) is 1. The molecule has 6 nitrogen and oxygen atoms in total. The van der Waals surface area contributed by atoms with Crippen LogP contribution >= 0.6 is 0 Å². The van der Waals surface area contributed by atoms with Gasteiger partial charge in [0.05, 0.1) is 24.9 Å². The highest BCUT2D eigenvalue weighted by Crippen LogP contribution is 2.54. The molecule has 2 heterocycles. The third-order valence-electron chi connectivity index (χ3n) is 4.21. The van der Waals surface area contributed by atoms with Crippen LogP contribution in [0.2, 0.25) is 0 Å². The molecule has 1 saturated carbocycles. The van der Waals surface area contributed by atoms with Crippen molar-refractivity contribution in [3.05, 3.63) is 0 Å². The number of ether oxygens (including phenoxy) is 1. The number of likely N-dealkylation sites (tertiary alicyclic amines) is 1. The number of piperidine rings is 2. The minimum absolute atomic E-state index is 0.0114. The van der Waals surface area contributed by atoms with Gasteiger partial charge in [-0.15, -0.1) is 0 Å². The van der Waals surface area contributed by atoms with E-state index in [9.17, 15) is 14.4 Å². The molecule has 1 aliphatic carbocycles. The van der Waals surface area contributed by atoms with Crippen molar-refractivity contribution in [3.8, 4) is 0 Å². The van der Waals surface area contributed by atoms with E-state index >= 15 is 0 Å². The predicted molar refractivity (Wildman–Crippen MR) is 60.2 cm³/mol. The van der Waals surface area contributed by atoms with Gasteiger partial charge in [-0.1, -0.05) is 0 Å². The molecule has 98 valence electrons. The number of hydrogen-bond acceptors (Lipinski definition) is 5. The van der Waals surface area contributed by atoms with Crippen LogP contribution in [0.1, 0.15) is 12.8 Å². The maximum atomic E-state index is 12.2. The normalized spacial score (nSPS) is 35.6. The number of esters is 1. The van der Waals surface area contributed by atoms with Crippen molar-refractivity contribution in [1.82, 2.24) is 10.2 Å². The number of amides is 2. The van der Waals surface area contributed by atoms with E-state index in [0.717, 1.165) is 25.9 Å². The molecule has 3 aliphatic rings. The summed E-state index contributed by atoms with van der Waals surface area (Å²) in [5, 5.41) is 3.20. The van der Waals surface area contributed by atoms with Crippen LogP contribution in [0.4, 0.5) is 0 Å². The van der Waals surface area contributed by atoms with Crippen LogP contribution in [0.15, 0.2) is 0 Å². The fourth-order valence-corrected chi connectivity index (χ4v) is 3.21. The zero-order valence-electron chi connectivity index (χ0n) is 10.2. The van der Waals surface area contributed by atoms with Gasteiger partial charge in [0.15, 0.2) is 0 Å². The standard InChI is InChI=1S/C12H16N2O4/c1-18-12(17)9-7-8(9)11(16)14(10(7)15)6-2-4-13-5-3-6/h6-9,13H,2-5H2,1H3. The number of rotatable bonds is 2. The van der Waals surface area contributed by atoms with Gasteiger partial charge in [-0.05, 0) is 25.9 Å². The highest BCUT2D eigenvalue weighted by molar-refractivity contribution is 6.13. The van der Waals surface area contributed by atoms with Gasteiger partial charge >= 0.3 is 5.97 Å². The molecular weight excluding hydrogens is 236 g/mol. The third kappa shape index (κ3) is 1.48. The minimum atomic E-state index is -0.520. The Morgan fingerprint density at radius 1 is 1.22 bits per heavy atom. The second-order valence-corrected chi connectivity index (χ2v) is 5.13. The zero-order valence-corrected chi connectivity index (χ0v) is 10.2. The Labute approximate surface area is 105 Å². The van der Waals surface area contributed by atoms with Crippen molar-refractivity contribution in [2.75, 3.05) is 20.2 Å². The Hall–Kier alpha value is -1.43. The molecule has 0 aromatic heterocycles. The molecule has 2 atom stereocenters. The predicted octanol–water partition coefficient (Wildman–Crippen LogP) is -0.858. The highest BCUT2D eigenvalue weighted by Gasteiger charge is 2.71. The Balaban J connectivity index is 1.73. The molecule has 2 amide bonds. The summed E-state index contributed by atoms with van der Waals surface area (Å²) in [5.41, 5.74) is 0. The number of nitrogens with zero attached hydrogens (tertiary/aromatic N) is 1. The second-order valence-electron chi connectivity index (χ2n) is 5.13. The molecule has 0 spiro atoms. The largest absolute Gasteiger partial charge is 0.469 e. The van der Waals surface area contributed by atoms with E-state index in [1.165, 1.54) is 12.0 Å². The van der Waals surface area contributed by atoms with E-state index in [2.05, 4.69) is 10.1 Å². The monoisotopic (exact) mass is 252 g/mol. The molecule has 2 unspecified atom stereocenters. The lowest BCUT2D eigenvalue weighted by atomic mass is 10.0. The van der Waals surface area contributed by atoms with Crippen molar-refractivity contribution < 1.29 is 19.1 Å². The van der Waals surface area contributed by atoms with E-state index < -0.39 is 23.7 Å². The lowest BCUT2D eigenvalue weighted by molar-refractivity contribution is -0.152. The van der Waals surface area contributed by atoms with Crippen LogP contribution in [0.3, 0.4) is 0 Å². The summed E-state index contributed by atoms with van der Waals surface area (Å²) in [6.45, 7) is 1.66. The summed E-state index contributed by atoms with van der Waals surface area (Å²) in [4.78, 5) is 37.1. The lowest BCUT2D eigenvalue weighted by Gasteiger charge is -2.31. The van der Waals surface area contributed by atoms with Crippen LogP contribution in [0, 0.1) is 17.8 Å². The second kappa shape index (κ2) is 4.05. The summed E-state index contributed by atoms with van der Waals surface area (Å²) in [6.07, 6.45) is 1.61. The summed E-state index contributed by atoms with van der Waals surface area (Å²) in [7, 11) is 1.29. The first-order valence-corrected chi connectivity index (χ1v) is 6.32. The van der Waals surface area contributed by atoms with Crippen LogP contribution in [-0.2, 0) is 19.1 Å². The molecule has 18 heavy (non-hydrogen) atoms. The van der Waals surface area contributed by atoms with Crippen molar-refractivity contribution in [1.29, 1.82) is 0 Å². The molecule has 3 fully saturated rings. The van der Waals surface area contributed by atoms with Crippen molar-refractivity contribution in [3.63, 3.8) is 0 Å². The van der Waals surface area contributed by atoms with E-state index in [0.29, 0.717) is 0 Å². The molecule has 2 saturated heterocycles. The van der Waals surface area contributed by atoms with Gasteiger partial charge in [-0.2, -0.15) is 0 Å². The van der Waals surface area contributed by atoms with Gasteiger partial charge in [0.2, 0.25) is 11.8 Å². The molecule has 6 heteroatoms. The topological polar surface area (TPSA) is 75.7 Å². The number of carbonyl (C=O) groups is 3. The first-order valence-electron chi connectivity index (χ1n) is 6.32. The minimum Gasteiger partial charge on any atom is -0.469 e. The van der Waals surface area contributed by atoms with Gasteiger partial charge in [-0.3, -0.25) is 19.3 Å². The van der Waals surface area contributed by atoms with E-state index in [4.69, 9.17) is 0 Å². The first kappa shape index (κ1) is 11.6. The third-order valence-corrected chi connectivity index (χ3v) is 4.21. The van der Waals surface area contributed by atoms with Crippen LogP contribution in [0.25, 0.3) is 0 Å². The van der Waals surface area contributed by atoms with Gasteiger partial charge < -0.3 is 10.1 Å². The Morgan fingerprint density at radius 2 is 1.78 bits per heavy atom. The molecule has 2 aliphatic heterocycles. The summed E-state index contributed by atoms with van der Waals surface area (Å²) >= 11 is 0. The molecule has 0 aromatic carbocycles. The van der Waals surface area contributed by atoms with E-state index in [-0.39, 0.29) is 17.9 Å². The maximum absolute atomic E-state index is 12.2. The fraction of sp³-hybridized carbons (Fsp3) is 0.750. The molecule has 0 radical (unpaired) electrons. The van der Waals surface area contributed by atoms with Crippen molar-refractivity contribution >= 4 is 17.8 Å². The zero-order chi connectivity index (χ0) is 12.9. The number of imide groups is 1. The molecule has 0 aromatic rings. The number of methoxy groups -OCH3 is 1. The number of carbonyl (C=O) groups excluding carboxylic acids is 3. The van der Waals surface area contributed by atoms with Gasteiger partial charge in [0.1, 0.15) is 0 Å². The number of nitrogens with one attached hydrogen (secondary N) is 1. The molecular formula is C12H16N2O4. The van der Waals surface area contributed by atoms with Crippen molar-refractivity contribution in [2.24, 2.45) is 17.8 Å². The Bertz CT molecular complexity index is 394. The Kier molecular flexibility index (Phi) is 2.62. The van der Waals surface area contributed by atoms with E-state index in [1.807, 2.05) is 0 Å². The van der Waals surface area contributed by atoms with Gasteiger partial charge in [-0.25, -0.2) is 0 Å². The van der Waals surface area contributed by atoms with E-state index in [1.54, 1.807) is 0 Å². The van der Waals surface area contributed by atoms with Crippen molar-refractivity contribution in [2.45, 2.75) is 18.9 Å². The van der Waals surface area contributed by atoms with Crippen LogP contribution < -0.4 is 5.32 Å². The van der Waals surface area contributed by atoms with Crippen LogP contribution in [0.5, 0.6) is 0 Å². The fourth-order valence-electron chi connectivity index (χ4n) is 3.21. The first-order chi connectivity index (χ1) is 8.66. The maximum Gasteiger partial charge on any atom is 0.310 e. The molecule has 0 bridgehead atoms. The molecule has 1 N–H and O–H groups in total. The quantitative estimate of drug-likeness (QED) is 0.511. The SMILES string of the molecule is COC(=O)C1C2C(=O)N(C3CCNCC3)C(=O)C12. The number of fused-ring (bicyclic) bond motifs is 1. The Morgan fingerprint density at radius 3 is 2.28 bits per heavy atom. The average Bonchev–Trinajstić information content (AvgIpc) is 3.08. The van der Waals surface area contributed by atoms with Crippen LogP contribution in [-0.4, -0.2) is 48.9 Å². The smallest absolute Gasteiger partial charge is 0.310 e. The van der Waals surface area contributed by atoms with Gasteiger partial charge in [0.25, 0.3) is 0 Å². The average molecular weight is 252 g/mol.